The molecular formula is C19H19N3O4. The number of nitrogens with zero attached hydrogens (tertiary/aromatic N) is 2. The lowest BCUT2D eigenvalue weighted by Crippen LogP contribution is -2.49. The number of carboxylic acid groups (broad SMARTS) is 1. The zero-order chi connectivity index (χ0) is 18.7. The molecule has 134 valence electrons. The highest BCUT2D eigenvalue weighted by molar-refractivity contribution is 5.95. The van der Waals surface area contributed by atoms with Crippen LogP contribution in [0.25, 0.3) is 0 Å². The Morgan fingerprint density at radius 2 is 1.69 bits per heavy atom. The highest BCUT2D eigenvalue weighted by Gasteiger charge is 2.44. The number of pyridine rings is 1. The second-order valence-electron chi connectivity index (χ2n) is 6.34. The minimum Gasteiger partial charge on any atom is -0.481 e. The molecule has 1 saturated heterocycles. The molecule has 1 aliphatic heterocycles. The van der Waals surface area contributed by atoms with E-state index in [2.05, 4.69) is 4.98 Å². The largest absolute Gasteiger partial charge is 0.481 e. The van der Waals surface area contributed by atoms with Gasteiger partial charge in [-0.05, 0) is 30.5 Å². The molecule has 0 atom stereocenters. The Morgan fingerprint density at radius 1 is 1.04 bits per heavy atom. The fraction of sp³-hybridized carbons (Fsp3) is 0.263. The summed E-state index contributed by atoms with van der Waals surface area (Å²) in [6.45, 7) is 0.637. The van der Waals surface area contributed by atoms with E-state index in [0.29, 0.717) is 25.9 Å². The molecule has 0 unspecified atom stereocenters. The summed E-state index contributed by atoms with van der Waals surface area (Å²) in [6, 6.07) is 12.0. The van der Waals surface area contributed by atoms with E-state index in [1.807, 2.05) is 30.3 Å². The maximum atomic E-state index is 12.6. The SMILES string of the molecule is NC(=O)c1ccc(C(=O)N2CCC(C(=O)O)(c3ccccc3)CC2)nc1. The number of rotatable bonds is 4. The van der Waals surface area contributed by atoms with Crippen LogP contribution in [0.15, 0.2) is 48.7 Å². The molecule has 7 heteroatoms. The highest BCUT2D eigenvalue weighted by atomic mass is 16.4. The van der Waals surface area contributed by atoms with Crippen LogP contribution >= 0.6 is 0 Å². The second-order valence-corrected chi connectivity index (χ2v) is 6.34. The van der Waals surface area contributed by atoms with Gasteiger partial charge in [0.25, 0.3) is 5.91 Å². The van der Waals surface area contributed by atoms with Crippen molar-refractivity contribution in [3.63, 3.8) is 0 Å². The van der Waals surface area contributed by atoms with E-state index in [1.54, 1.807) is 4.90 Å². The Labute approximate surface area is 150 Å². The number of carboxylic acids is 1. The van der Waals surface area contributed by atoms with Gasteiger partial charge in [-0.3, -0.25) is 19.4 Å². The fourth-order valence-electron chi connectivity index (χ4n) is 3.30. The molecule has 7 nitrogen and oxygen atoms in total. The normalized spacial score (nSPS) is 16.1. The van der Waals surface area contributed by atoms with Crippen molar-refractivity contribution in [1.82, 2.24) is 9.88 Å². The van der Waals surface area contributed by atoms with Crippen molar-refractivity contribution in [3.8, 4) is 0 Å². The van der Waals surface area contributed by atoms with E-state index in [1.165, 1.54) is 18.3 Å². The number of nitrogens with two attached hydrogens (primary N) is 1. The summed E-state index contributed by atoms with van der Waals surface area (Å²) in [4.78, 5) is 41.2. The van der Waals surface area contributed by atoms with Crippen LogP contribution in [0.2, 0.25) is 0 Å². The third-order valence-corrected chi connectivity index (χ3v) is 4.91. The van der Waals surface area contributed by atoms with Gasteiger partial charge in [-0.15, -0.1) is 0 Å². The molecule has 2 heterocycles. The van der Waals surface area contributed by atoms with Gasteiger partial charge in [-0.25, -0.2) is 0 Å². The molecule has 2 amide bonds. The van der Waals surface area contributed by atoms with Crippen LogP contribution in [0, 0.1) is 0 Å². The lowest BCUT2D eigenvalue weighted by atomic mass is 9.73. The van der Waals surface area contributed by atoms with Gasteiger partial charge in [0.2, 0.25) is 5.91 Å². The average molecular weight is 353 g/mol. The molecule has 26 heavy (non-hydrogen) atoms. The number of piperidine rings is 1. The Bertz CT molecular complexity index is 826. The number of hydrogen-bond donors (Lipinski definition) is 2. The molecule has 0 saturated carbocycles. The number of carbonyl (C=O) groups excluding carboxylic acids is 2. The van der Waals surface area contributed by atoms with Crippen molar-refractivity contribution >= 4 is 17.8 Å². The van der Waals surface area contributed by atoms with Crippen molar-refractivity contribution in [2.45, 2.75) is 18.3 Å². The summed E-state index contributed by atoms with van der Waals surface area (Å²) in [6.07, 6.45) is 1.93. The number of aliphatic carboxylic acids is 1. The number of hydrogen-bond acceptors (Lipinski definition) is 4. The summed E-state index contributed by atoms with van der Waals surface area (Å²) >= 11 is 0. The summed E-state index contributed by atoms with van der Waals surface area (Å²) in [7, 11) is 0. The van der Waals surface area contributed by atoms with Gasteiger partial charge < -0.3 is 15.7 Å². The van der Waals surface area contributed by atoms with Crippen molar-refractivity contribution in [2.24, 2.45) is 5.73 Å². The van der Waals surface area contributed by atoms with Crippen LogP contribution < -0.4 is 5.73 Å². The second kappa shape index (κ2) is 6.95. The highest BCUT2D eigenvalue weighted by Crippen LogP contribution is 2.36. The smallest absolute Gasteiger partial charge is 0.314 e. The molecule has 1 aliphatic rings. The third-order valence-electron chi connectivity index (χ3n) is 4.91. The molecular weight excluding hydrogens is 334 g/mol. The van der Waals surface area contributed by atoms with Gasteiger partial charge in [-0.1, -0.05) is 30.3 Å². The van der Waals surface area contributed by atoms with E-state index in [9.17, 15) is 19.5 Å². The third kappa shape index (κ3) is 3.15. The van der Waals surface area contributed by atoms with Crippen LogP contribution in [0.4, 0.5) is 0 Å². The monoisotopic (exact) mass is 353 g/mol. The van der Waals surface area contributed by atoms with Gasteiger partial charge in [0, 0.05) is 19.3 Å². The van der Waals surface area contributed by atoms with Gasteiger partial charge >= 0.3 is 5.97 Å². The number of benzene rings is 1. The van der Waals surface area contributed by atoms with Crippen molar-refractivity contribution in [3.05, 3.63) is 65.5 Å². The van der Waals surface area contributed by atoms with Crippen molar-refractivity contribution in [1.29, 1.82) is 0 Å². The van der Waals surface area contributed by atoms with Crippen molar-refractivity contribution < 1.29 is 19.5 Å². The van der Waals surface area contributed by atoms with Crippen molar-refractivity contribution in [2.75, 3.05) is 13.1 Å². The van der Waals surface area contributed by atoms with Gasteiger partial charge in [0.1, 0.15) is 5.69 Å². The molecule has 0 aliphatic carbocycles. The number of amides is 2. The molecule has 0 spiro atoms. The zero-order valence-corrected chi connectivity index (χ0v) is 14.1. The van der Waals surface area contributed by atoms with E-state index < -0.39 is 17.3 Å². The zero-order valence-electron chi connectivity index (χ0n) is 14.1. The summed E-state index contributed by atoms with van der Waals surface area (Å²) in [5.41, 5.74) is 5.37. The topological polar surface area (TPSA) is 114 Å². The van der Waals surface area contributed by atoms with Crippen LogP contribution in [-0.4, -0.2) is 45.9 Å². The summed E-state index contributed by atoms with van der Waals surface area (Å²) in [5.74, 6) is -1.77. The molecule has 1 aromatic carbocycles. The molecule has 2 aromatic rings. The van der Waals surface area contributed by atoms with Gasteiger partial charge in [0.05, 0.1) is 11.0 Å². The van der Waals surface area contributed by atoms with E-state index >= 15 is 0 Å². The van der Waals surface area contributed by atoms with Crippen LogP contribution in [0.5, 0.6) is 0 Å². The minimum atomic E-state index is -0.985. The van der Waals surface area contributed by atoms with E-state index in [-0.39, 0.29) is 17.2 Å². The first kappa shape index (κ1) is 17.6. The number of primary amides is 1. The molecule has 3 rings (SSSR count). The average Bonchev–Trinajstić information content (AvgIpc) is 2.68. The Morgan fingerprint density at radius 3 is 2.19 bits per heavy atom. The van der Waals surface area contributed by atoms with Gasteiger partial charge in [-0.2, -0.15) is 0 Å². The Balaban J connectivity index is 1.75. The fourth-order valence-corrected chi connectivity index (χ4v) is 3.30. The van der Waals surface area contributed by atoms with E-state index in [0.717, 1.165) is 5.56 Å². The summed E-state index contributed by atoms with van der Waals surface area (Å²) < 4.78 is 0. The quantitative estimate of drug-likeness (QED) is 0.863. The number of aromatic nitrogens is 1. The molecule has 3 N–H and O–H groups in total. The Hall–Kier alpha value is -3.22. The Kier molecular flexibility index (Phi) is 4.71. The number of carbonyl (C=O) groups is 3. The first-order valence-electron chi connectivity index (χ1n) is 8.28. The van der Waals surface area contributed by atoms with E-state index in [4.69, 9.17) is 5.73 Å². The van der Waals surface area contributed by atoms with Crippen LogP contribution in [0.3, 0.4) is 0 Å². The minimum absolute atomic E-state index is 0.206. The number of likely N-dealkylation sites (tertiary alicyclic amines) is 1. The summed E-state index contributed by atoms with van der Waals surface area (Å²) in [5, 5.41) is 9.81. The predicted octanol–water partition coefficient (Wildman–Crippen LogP) is 1.44. The standard InChI is InChI=1S/C19H19N3O4/c20-16(23)13-6-7-15(21-12-13)17(24)22-10-8-19(9-11-22,18(25)26)14-4-2-1-3-5-14/h1-7,12H,8-11H2,(H2,20,23)(H,25,26). The first-order chi connectivity index (χ1) is 12.4. The van der Waals surface area contributed by atoms with Gasteiger partial charge in [0.15, 0.2) is 0 Å². The molecule has 1 aromatic heterocycles. The predicted molar refractivity (Wildman–Crippen MR) is 93.6 cm³/mol. The lowest BCUT2D eigenvalue weighted by molar-refractivity contribution is -0.145. The maximum absolute atomic E-state index is 12.6. The molecule has 0 radical (unpaired) electrons. The maximum Gasteiger partial charge on any atom is 0.314 e. The molecule has 1 fully saturated rings. The molecule has 0 bridgehead atoms. The first-order valence-corrected chi connectivity index (χ1v) is 8.28. The lowest BCUT2D eigenvalue weighted by Gasteiger charge is -2.39. The van der Waals surface area contributed by atoms with Crippen LogP contribution in [0.1, 0.15) is 39.3 Å². The van der Waals surface area contributed by atoms with Crippen LogP contribution in [-0.2, 0) is 10.2 Å².